The minimum Gasteiger partial charge on any atom is -0.350 e. The summed E-state index contributed by atoms with van der Waals surface area (Å²) in [6.07, 6.45) is 2.05. The lowest BCUT2D eigenvalue weighted by Crippen LogP contribution is -2.32. The first kappa shape index (κ1) is 19.5. The van der Waals surface area contributed by atoms with Gasteiger partial charge < -0.3 is 16.0 Å². The van der Waals surface area contributed by atoms with E-state index < -0.39 is 0 Å². The lowest BCUT2D eigenvalue weighted by molar-refractivity contribution is 0.0937. The van der Waals surface area contributed by atoms with E-state index in [2.05, 4.69) is 29.8 Å². The van der Waals surface area contributed by atoms with E-state index in [4.69, 9.17) is 0 Å². The first-order valence-corrected chi connectivity index (χ1v) is 8.98. The SMILES string of the molecule is CC(C)CCC(C)NC(=O)c1ccc(NC(=O)Nc2ccccc2)cc1. The molecule has 0 saturated heterocycles. The van der Waals surface area contributed by atoms with Gasteiger partial charge in [-0.05, 0) is 62.1 Å². The van der Waals surface area contributed by atoms with Crippen molar-refractivity contribution in [2.75, 3.05) is 10.6 Å². The number of rotatable bonds is 7. The molecule has 2 aromatic rings. The average Bonchev–Trinajstić information content (AvgIpc) is 2.61. The molecule has 2 rings (SSSR count). The zero-order chi connectivity index (χ0) is 18.9. The minimum atomic E-state index is -0.323. The number of carbonyl (C=O) groups is 2. The van der Waals surface area contributed by atoms with Gasteiger partial charge in [-0.3, -0.25) is 4.79 Å². The van der Waals surface area contributed by atoms with E-state index in [1.165, 1.54) is 0 Å². The first-order chi connectivity index (χ1) is 12.4. The topological polar surface area (TPSA) is 70.2 Å². The summed E-state index contributed by atoms with van der Waals surface area (Å²) in [5, 5.41) is 8.50. The molecule has 0 heterocycles. The summed E-state index contributed by atoms with van der Waals surface area (Å²) in [6, 6.07) is 15.9. The molecule has 0 bridgehead atoms. The number of nitrogens with one attached hydrogen (secondary N) is 3. The van der Waals surface area contributed by atoms with Crippen molar-refractivity contribution >= 4 is 23.3 Å². The molecule has 1 atom stereocenters. The van der Waals surface area contributed by atoms with Crippen LogP contribution in [0.15, 0.2) is 54.6 Å². The number of carbonyl (C=O) groups excluding carboxylic acids is 2. The molecule has 0 aliphatic heterocycles. The fourth-order valence-corrected chi connectivity index (χ4v) is 2.48. The van der Waals surface area contributed by atoms with E-state index in [0.29, 0.717) is 17.2 Å². The van der Waals surface area contributed by atoms with Crippen LogP contribution in [0.5, 0.6) is 0 Å². The van der Waals surface area contributed by atoms with E-state index in [-0.39, 0.29) is 18.0 Å². The summed E-state index contributed by atoms with van der Waals surface area (Å²) >= 11 is 0. The third-order valence-electron chi connectivity index (χ3n) is 3.99. The second kappa shape index (κ2) is 9.61. The fourth-order valence-electron chi connectivity index (χ4n) is 2.48. The highest BCUT2D eigenvalue weighted by molar-refractivity contribution is 6.00. The Labute approximate surface area is 155 Å². The second-order valence-corrected chi connectivity index (χ2v) is 6.87. The van der Waals surface area contributed by atoms with E-state index in [1.807, 2.05) is 37.3 Å². The van der Waals surface area contributed by atoms with Crippen molar-refractivity contribution in [3.63, 3.8) is 0 Å². The third kappa shape index (κ3) is 6.59. The maximum atomic E-state index is 12.3. The van der Waals surface area contributed by atoms with Crippen LogP contribution in [0.2, 0.25) is 0 Å². The summed E-state index contributed by atoms with van der Waals surface area (Å²) in [5.41, 5.74) is 1.93. The Bertz CT molecular complexity index is 712. The van der Waals surface area contributed by atoms with Crippen LogP contribution in [-0.2, 0) is 0 Å². The van der Waals surface area contributed by atoms with Crippen LogP contribution < -0.4 is 16.0 Å². The maximum Gasteiger partial charge on any atom is 0.323 e. The van der Waals surface area contributed by atoms with Crippen LogP contribution in [-0.4, -0.2) is 18.0 Å². The Balaban J connectivity index is 1.85. The fraction of sp³-hybridized carbons (Fsp3) is 0.333. The molecule has 5 nitrogen and oxygen atoms in total. The van der Waals surface area contributed by atoms with E-state index in [9.17, 15) is 9.59 Å². The van der Waals surface area contributed by atoms with Gasteiger partial charge in [0, 0.05) is 23.0 Å². The Morgan fingerprint density at radius 3 is 1.96 bits per heavy atom. The van der Waals surface area contributed by atoms with Crippen LogP contribution >= 0.6 is 0 Å². The molecular weight excluding hydrogens is 326 g/mol. The summed E-state index contributed by atoms with van der Waals surface area (Å²) in [4.78, 5) is 24.2. The number of benzene rings is 2. The Morgan fingerprint density at radius 2 is 1.38 bits per heavy atom. The molecule has 2 aromatic carbocycles. The summed E-state index contributed by atoms with van der Waals surface area (Å²) < 4.78 is 0. The largest absolute Gasteiger partial charge is 0.350 e. The van der Waals surface area contributed by atoms with Gasteiger partial charge in [-0.2, -0.15) is 0 Å². The van der Waals surface area contributed by atoms with Gasteiger partial charge >= 0.3 is 6.03 Å². The van der Waals surface area contributed by atoms with Crippen LogP contribution in [0.4, 0.5) is 16.2 Å². The molecule has 0 aliphatic rings. The van der Waals surface area contributed by atoms with Crippen molar-refractivity contribution in [1.29, 1.82) is 0 Å². The zero-order valence-corrected chi connectivity index (χ0v) is 15.6. The lowest BCUT2D eigenvalue weighted by atomic mass is 10.0. The van der Waals surface area contributed by atoms with Gasteiger partial charge in [-0.15, -0.1) is 0 Å². The number of amides is 3. The number of urea groups is 1. The van der Waals surface area contributed by atoms with Crippen molar-refractivity contribution in [2.45, 2.75) is 39.7 Å². The molecule has 3 amide bonds. The van der Waals surface area contributed by atoms with Crippen LogP contribution in [0.1, 0.15) is 44.0 Å². The molecule has 3 N–H and O–H groups in total. The zero-order valence-electron chi connectivity index (χ0n) is 15.6. The van der Waals surface area contributed by atoms with Gasteiger partial charge in [0.2, 0.25) is 0 Å². The van der Waals surface area contributed by atoms with Crippen LogP contribution in [0.25, 0.3) is 0 Å². The minimum absolute atomic E-state index is 0.0958. The summed E-state index contributed by atoms with van der Waals surface area (Å²) in [7, 11) is 0. The standard InChI is InChI=1S/C21H27N3O2/c1-15(2)9-10-16(3)22-20(25)17-11-13-19(14-12-17)24-21(26)23-18-7-5-4-6-8-18/h4-8,11-16H,9-10H2,1-3H3,(H,22,25)(H2,23,24,26). The molecule has 26 heavy (non-hydrogen) atoms. The first-order valence-electron chi connectivity index (χ1n) is 8.98. The van der Waals surface area contributed by atoms with E-state index in [0.717, 1.165) is 18.5 Å². The summed E-state index contributed by atoms with van der Waals surface area (Å²) in [5.74, 6) is 0.531. The monoisotopic (exact) mass is 353 g/mol. The molecule has 0 aromatic heterocycles. The number of para-hydroxylation sites is 1. The van der Waals surface area contributed by atoms with Gasteiger partial charge in [0.1, 0.15) is 0 Å². The third-order valence-corrected chi connectivity index (χ3v) is 3.99. The van der Waals surface area contributed by atoms with Gasteiger partial charge in [0.05, 0.1) is 0 Å². The Hall–Kier alpha value is -2.82. The van der Waals surface area contributed by atoms with Gasteiger partial charge in [0.25, 0.3) is 5.91 Å². The van der Waals surface area contributed by atoms with Crippen molar-refractivity contribution < 1.29 is 9.59 Å². The van der Waals surface area contributed by atoms with Crippen molar-refractivity contribution in [3.05, 3.63) is 60.2 Å². The highest BCUT2D eigenvalue weighted by Gasteiger charge is 2.11. The molecule has 5 heteroatoms. The van der Waals surface area contributed by atoms with Crippen molar-refractivity contribution in [3.8, 4) is 0 Å². The number of anilines is 2. The van der Waals surface area contributed by atoms with Crippen LogP contribution in [0.3, 0.4) is 0 Å². The Kier molecular flexibility index (Phi) is 7.21. The lowest BCUT2D eigenvalue weighted by Gasteiger charge is -2.15. The van der Waals surface area contributed by atoms with Crippen molar-refractivity contribution in [2.24, 2.45) is 5.92 Å². The highest BCUT2D eigenvalue weighted by Crippen LogP contribution is 2.12. The second-order valence-electron chi connectivity index (χ2n) is 6.87. The predicted octanol–water partition coefficient (Wildman–Crippen LogP) is 4.89. The maximum absolute atomic E-state index is 12.3. The number of hydrogen-bond donors (Lipinski definition) is 3. The van der Waals surface area contributed by atoms with Gasteiger partial charge in [-0.25, -0.2) is 4.79 Å². The predicted molar refractivity (Wildman–Crippen MR) is 107 cm³/mol. The molecule has 0 spiro atoms. The van der Waals surface area contributed by atoms with Crippen LogP contribution in [0, 0.1) is 5.92 Å². The molecule has 0 fully saturated rings. The van der Waals surface area contributed by atoms with Crippen molar-refractivity contribution in [1.82, 2.24) is 5.32 Å². The Morgan fingerprint density at radius 1 is 0.808 bits per heavy atom. The van der Waals surface area contributed by atoms with E-state index in [1.54, 1.807) is 24.3 Å². The normalized spacial score (nSPS) is 11.7. The quantitative estimate of drug-likeness (QED) is 0.663. The molecule has 0 radical (unpaired) electrons. The van der Waals surface area contributed by atoms with Gasteiger partial charge in [0.15, 0.2) is 0 Å². The molecule has 0 saturated carbocycles. The average molecular weight is 353 g/mol. The molecule has 1 unspecified atom stereocenters. The van der Waals surface area contributed by atoms with Gasteiger partial charge in [-0.1, -0.05) is 32.0 Å². The molecule has 0 aliphatic carbocycles. The smallest absolute Gasteiger partial charge is 0.323 e. The summed E-state index contributed by atoms with van der Waals surface area (Å²) in [6.45, 7) is 6.37. The molecule has 138 valence electrons. The van der Waals surface area contributed by atoms with E-state index >= 15 is 0 Å². The number of hydrogen-bond acceptors (Lipinski definition) is 2. The highest BCUT2D eigenvalue weighted by atomic mass is 16.2. The molecular formula is C21H27N3O2.